The molecule has 1 aromatic carbocycles. The van der Waals surface area contributed by atoms with Crippen LogP contribution in [0, 0.1) is 6.92 Å². The molecule has 1 aliphatic rings. The van der Waals surface area contributed by atoms with Crippen LogP contribution in [0.25, 0.3) is 0 Å². The van der Waals surface area contributed by atoms with Crippen molar-refractivity contribution in [1.82, 2.24) is 4.90 Å². The number of benzene rings is 1. The highest BCUT2D eigenvalue weighted by Crippen LogP contribution is 2.19. The fraction of sp³-hybridized carbons (Fsp3) is 0.462. The maximum atomic E-state index is 12.4. The second kappa shape index (κ2) is 5.84. The molecule has 0 radical (unpaired) electrons. The molecule has 98 valence electrons. The molecule has 18 heavy (non-hydrogen) atoms. The molecule has 1 aromatic rings. The molecule has 1 saturated heterocycles. The fourth-order valence-corrected chi connectivity index (χ4v) is 2.08. The second-order valence-corrected chi connectivity index (χ2v) is 4.45. The fourth-order valence-electron chi connectivity index (χ4n) is 2.08. The average molecular weight is 249 g/mol. The number of aryl methyl sites for hydroxylation is 1. The summed E-state index contributed by atoms with van der Waals surface area (Å²) in [5, 5.41) is 0. The number of anilines is 1. The summed E-state index contributed by atoms with van der Waals surface area (Å²) in [7, 11) is 0. The van der Waals surface area contributed by atoms with Crippen LogP contribution in [0.4, 0.5) is 5.69 Å². The Morgan fingerprint density at radius 3 is 3.00 bits per heavy atom. The average Bonchev–Trinajstić information content (AvgIpc) is 2.66. The van der Waals surface area contributed by atoms with Crippen LogP contribution in [0.5, 0.6) is 0 Å². The molecule has 2 rings (SSSR count). The van der Waals surface area contributed by atoms with Gasteiger partial charge in [0.15, 0.2) is 0 Å². The predicted molar refractivity (Wildman–Crippen MR) is 70.3 cm³/mol. The van der Waals surface area contributed by atoms with E-state index in [0.717, 1.165) is 25.1 Å². The van der Waals surface area contributed by atoms with Crippen molar-refractivity contribution >= 4 is 11.6 Å². The third kappa shape index (κ3) is 2.80. The minimum Gasteiger partial charge on any atom is -0.380 e. The standard InChI is InChI=1S/C13H19N3O2/c1-10-3-4-11(12(9-10)15-14)13(17)16-5-2-7-18-8-6-16/h3-4,9,15H,2,5-8,14H2,1H3. The van der Waals surface area contributed by atoms with E-state index in [-0.39, 0.29) is 5.91 Å². The highest BCUT2D eigenvalue weighted by molar-refractivity contribution is 5.99. The van der Waals surface area contributed by atoms with Gasteiger partial charge in [0.25, 0.3) is 5.91 Å². The molecule has 0 bridgehead atoms. The Bertz CT molecular complexity index is 426. The van der Waals surface area contributed by atoms with Gasteiger partial charge in [-0.3, -0.25) is 10.6 Å². The van der Waals surface area contributed by atoms with E-state index in [0.29, 0.717) is 24.4 Å². The lowest BCUT2D eigenvalue weighted by Crippen LogP contribution is -2.34. The molecule has 1 heterocycles. The lowest BCUT2D eigenvalue weighted by Gasteiger charge is -2.21. The molecule has 3 N–H and O–H groups in total. The molecule has 1 amide bonds. The van der Waals surface area contributed by atoms with Crippen LogP contribution in [-0.2, 0) is 4.74 Å². The minimum absolute atomic E-state index is 0.00782. The van der Waals surface area contributed by atoms with Crippen LogP contribution in [0.1, 0.15) is 22.3 Å². The topological polar surface area (TPSA) is 67.6 Å². The predicted octanol–water partition coefficient (Wildman–Crippen LogP) is 1.14. The Hall–Kier alpha value is -1.59. The molecule has 5 heteroatoms. The maximum absolute atomic E-state index is 12.4. The molecule has 1 aliphatic heterocycles. The molecular weight excluding hydrogens is 230 g/mol. The Morgan fingerprint density at radius 2 is 2.22 bits per heavy atom. The van der Waals surface area contributed by atoms with Gasteiger partial charge in [-0.15, -0.1) is 0 Å². The van der Waals surface area contributed by atoms with Gasteiger partial charge < -0.3 is 15.1 Å². The van der Waals surface area contributed by atoms with Crippen molar-refractivity contribution in [2.24, 2.45) is 5.84 Å². The Kier molecular flexibility index (Phi) is 4.17. The first-order valence-electron chi connectivity index (χ1n) is 6.16. The summed E-state index contributed by atoms with van der Waals surface area (Å²) in [6.45, 7) is 4.66. The number of nitrogens with two attached hydrogens (primary N) is 1. The van der Waals surface area contributed by atoms with Gasteiger partial charge in [0.2, 0.25) is 0 Å². The van der Waals surface area contributed by atoms with E-state index in [1.165, 1.54) is 0 Å². The molecule has 0 saturated carbocycles. The largest absolute Gasteiger partial charge is 0.380 e. The van der Waals surface area contributed by atoms with E-state index < -0.39 is 0 Å². The summed E-state index contributed by atoms with van der Waals surface area (Å²) < 4.78 is 5.35. The smallest absolute Gasteiger partial charge is 0.256 e. The van der Waals surface area contributed by atoms with E-state index in [4.69, 9.17) is 10.6 Å². The normalized spacial score (nSPS) is 16.2. The number of rotatable bonds is 2. The quantitative estimate of drug-likeness (QED) is 0.609. The highest BCUT2D eigenvalue weighted by Gasteiger charge is 2.19. The number of nitrogen functional groups attached to an aromatic ring is 1. The van der Waals surface area contributed by atoms with Gasteiger partial charge in [0.05, 0.1) is 17.9 Å². The van der Waals surface area contributed by atoms with Crippen LogP contribution >= 0.6 is 0 Å². The number of nitrogens with one attached hydrogen (secondary N) is 1. The number of hydrogen-bond donors (Lipinski definition) is 2. The van der Waals surface area contributed by atoms with Crippen LogP contribution < -0.4 is 11.3 Å². The maximum Gasteiger partial charge on any atom is 0.256 e. The molecule has 5 nitrogen and oxygen atoms in total. The van der Waals surface area contributed by atoms with Crippen molar-refractivity contribution in [1.29, 1.82) is 0 Å². The third-order valence-electron chi connectivity index (χ3n) is 3.07. The van der Waals surface area contributed by atoms with Crippen molar-refractivity contribution in [2.45, 2.75) is 13.3 Å². The molecule has 0 atom stereocenters. The zero-order valence-corrected chi connectivity index (χ0v) is 10.6. The molecule has 0 aliphatic carbocycles. The van der Waals surface area contributed by atoms with Gasteiger partial charge in [0.1, 0.15) is 0 Å². The van der Waals surface area contributed by atoms with Crippen molar-refractivity contribution in [2.75, 3.05) is 31.7 Å². The number of carbonyl (C=O) groups is 1. The minimum atomic E-state index is 0.00782. The lowest BCUT2D eigenvalue weighted by atomic mass is 10.1. The third-order valence-corrected chi connectivity index (χ3v) is 3.07. The summed E-state index contributed by atoms with van der Waals surface area (Å²) >= 11 is 0. The lowest BCUT2D eigenvalue weighted by molar-refractivity contribution is 0.0742. The number of nitrogens with zero attached hydrogens (tertiary/aromatic N) is 1. The van der Waals surface area contributed by atoms with Gasteiger partial charge >= 0.3 is 0 Å². The van der Waals surface area contributed by atoms with E-state index in [9.17, 15) is 4.79 Å². The number of hydrazine groups is 1. The molecular formula is C13H19N3O2. The molecule has 1 fully saturated rings. The van der Waals surface area contributed by atoms with E-state index in [1.54, 1.807) is 0 Å². The summed E-state index contributed by atoms with van der Waals surface area (Å²) in [5.41, 5.74) is 4.95. The van der Waals surface area contributed by atoms with Crippen LogP contribution in [0.15, 0.2) is 18.2 Å². The molecule has 0 spiro atoms. The summed E-state index contributed by atoms with van der Waals surface area (Å²) in [5.74, 6) is 5.48. The van der Waals surface area contributed by atoms with Crippen LogP contribution in [-0.4, -0.2) is 37.1 Å². The first-order chi connectivity index (χ1) is 8.72. The zero-order valence-electron chi connectivity index (χ0n) is 10.6. The Balaban J connectivity index is 2.21. The van der Waals surface area contributed by atoms with Crippen LogP contribution in [0.3, 0.4) is 0 Å². The summed E-state index contributed by atoms with van der Waals surface area (Å²) in [6.07, 6.45) is 0.878. The summed E-state index contributed by atoms with van der Waals surface area (Å²) in [4.78, 5) is 14.2. The first kappa shape index (κ1) is 12.9. The first-order valence-corrected chi connectivity index (χ1v) is 6.16. The van der Waals surface area contributed by atoms with E-state index in [2.05, 4.69) is 5.43 Å². The molecule has 0 unspecified atom stereocenters. The van der Waals surface area contributed by atoms with Gasteiger partial charge in [-0.25, -0.2) is 0 Å². The SMILES string of the molecule is Cc1ccc(C(=O)N2CCCOCC2)c(NN)c1. The van der Waals surface area contributed by atoms with Gasteiger partial charge in [-0.05, 0) is 31.0 Å². The second-order valence-electron chi connectivity index (χ2n) is 4.45. The van der Waals surface area contributed by atoms with Gasteiger partial charge in [0, 0.05) is 19.7 Å². The Morgan fingerprint density at radius 1 is 1.39 bits per heavy atom. The van der Waals surface area contributed by atoms with E-state index in [1.807, 2.05) is 30.0 Å². The zero-order chi connectivity index (χ0) is 13.0. The molecule has 0 aromatic heterocycles. The Labute approximate surface area is 107 Å². The number of carbonyl (C=O) groups excluding carboxylic acids is 1. The van der Waals surface area contributed by atoms with Crippen molar-refractivity contribution in [3.8, 4) is 0 Å². The monoisotopic (exact) mass is 249 g/mol. The number of ether oxygens (including phenoxy) is 1. The van der Waals surface area contributed by atoms with Gasteiger partial charge in [-0.2, -0.15) is 0 Å². The van der Waals surface area contributed by atoms with Crippen molar-refractivity contribution < 1.29 is 9.53 Å². The summed E-state index contributed by atoms with van der Waals surface area (Å²) in [6, 6.07) is 5.61. The number of hydrogen-bond acceptors (Lipinski definition) is 4. The van der Waals surface area contributed by atoms with E-state index >= 15 is 0 Å². The van der Waals surface area contributed by atoms with Gasteiger partial charge in [-0.1, -0.05) is 6.07 Å². The van der Waals surface area contributed by atoms with Crippen molar-refractivity contribution in [3.05, 3.63) is 29.3 Å². The number of amides is 1. The van der Waals surface area contributed by atoms with Crippen LogP contribution in [0.2, 0.25) is 0 Å². The highest BCUT2D eigenvalue weighted by atomic mass is 16.5. The van der Waals surface area contributed by atoms with Crippen molar-refractivity contribution in [3.63, 3.8) is 0 Å².